The van der Waals surface area contributed by atoms with Gasteiger partial charge in [-0.3, -0.25) is 0 Å². The van der Waals surface area contributed by atoms with Crippen LogP contribution in [0.4, 0.5) is 0 Å². The van der Waals surface area contributed by atoms with Gasteiger partial charge in [-0.15, -0.1) is 0 Å². The highest BCUT2D eigenvalue weighted by molar-refractivity contribution is 6.06. The second-order valence-electron chi connectivity index (χ2n) is 3.81. The second-order valence-corrected chi connectivity index (χ2v) is 3.81. The molecule has 88 valence electrons. The van der Waals surface area contributed by atoms with E-state index in [0.717, 1.165) is 16.3 Å². The molecule has 0 saturated carbocycles. The second kappa shape index (κ2) is 4.45. The van der Waals surface area contributed by atoms with Gasteiger partial charge in [0.2, 0.25) is 0 Å². The van der Waals surface area contributed by atoms with Crippen LogP contribution in [0.1, 0.15) is 22.8 Å². The van der Waals surface area contributed by atoms with Crippen LogP contribution >= 0.6 is 0 Å². The third-order valence-corrected chi connectivity index (χ3v) is 2.92. The fraction of sp³-hybridized carbons (Fsp3) is 0.214. The number of rotatable bonds is 3. The Morgan fingerprint density at radius 1 is 1.24 bits per heavy atom. The number of benzene rings is 2. The van der Waals surface area contributed by atoms with Crippen LogP contribution in [-0.2, 0) is 6.42 Å². The molecule has 0 saturated heterocycles. The SMILES string of the molecule is CCc1ccc2c(OC)cccc2c1C(=O)O. The van der Waals surface area contributed by atoms with Crippen molar-refractivity contribution in [2.45, 2.75) is 13.3 Å². The van der Waals surface area contributed by atoms with Gasteiger partial charge >= 0.3 is 5.97 Å². The maximum absolute atomic E-state index is 11.4. The molecular formula is C14H14O3. The largest absolute Gasteiger partial charge is 0.496 e. The van der Waals surface area contributed by atoms with Crippen LogP contribution in [0.15, 0.2) is 30.3 Å². The Labute approximate surface area is 99.6 Å². The number of carboxylic acids is 1. The van der Waals surface area contributed by atoms with Gasteiger partial charge in [-0.05, 0) is 18.1 Å². The zero-order valence-corrected chi connectivity index (χ0v) is 9.86. The van der Waals surface area contributed by atoms with Crippen molar-refractivity contribution in [3.63, 3.8) is 0 Å². The van der Waals surface area contributed by atoms with Crippen molar-refractivity contribution in [2.75, 3.05) is 7.11 Å². The first-order chi connectivity index (χ1) is 8.19. The summed E-state index contributed by atoms with van der Waals surface area (Å²) in [6.45, 7) is 1.95. The molecule has 0 atom stereocenters. The highest BCUT2D eigenvalue weighted by Gasteiger charge is 2.14. The first-order valence-electron chi connectivity index (χ1n) is 5.51. The zero-order valence-electron chi connectivity index (χ0n) is 9.86. The molecule has 0 radical (unpaired) electrons. The number of methoxy groups -OCH3 is 1. The number of aryl methyl sites for hydroxylation is 1. The number of aromatic carboxylic acids is 1. The molecule has 3 nitrogen and oxygen atoms in total. The highest BCUT2D eigenvalue weighted by Crippen LogP contribution is 2.30. The van der Waals surface area contributed by atoms with Gasteiger partial charge in [0.05, 0.1) is 12.7 Å². The van der Waals surface area contributed by atoms with E-state index >= 15 is 0 Å². The fourth-order valence-electron chi connectivity index (χ4n) is 2.10. The van der Waals surface area contributed by atoms with Crippen molar-refractivity contribution in [3.8, 4) is 5.75 Å². The van der Waals surface area contributed by atoms with Crippen LogP contribution in [0.5, 0.6) is 5.75 Å². The van der Waals surface area contributed by atoms with E-state index in [0.29, 0.717) is 17.7 Å². The summed E-state index contributed by atoms with van der Waals surface area (Å²) in [6.07, 6.45) is 0.703. The molecular weight excluding hydrogens is 216 g/mol. The Balaban J connectivity index is 2.86. The molecule has 0 heterocycles. The molecule has 17 heavy (non-hydrogen) atoms. The standard InChI is InChI=1S/C14H14O3/c1-3-9-7-8-10-11(13(9)14(15)16)5-4-6-12(10)17-2/h4-8H,3H2,1-2H3,(H,15,16). The fourth-order valence-corrected chi connectivity index (χ4v) is 2.10. The lowest BCUT2D eigenvalue weighted by Gasteiger charge is -2.10. The van der Waals surface area contributed by atoms with Gasteiger partial charge in [0, 0.05) is 10.8 Å². The Morgan fingerprint density at radius 2 is 2.00 bits per heavy atom. The van der Waals surface area contributed by atoms with E-state index in [1.165, 1.54) is 0 Å². The van der Waals surface area contributed by atoms with Crippen LogP contribution < -0.4 is 4.74 Å². The molecule has 0 bridgehead atoms. The van der Waals surface area contributed by atoms with Crippen LogP contribution in [0.2, 0.25) is 0 Å². The summed E-state index contributed by atoms with van der Waals surface area (Å²) in [5.74, 6) is -0.187. The molecule has 0 unspecified atom stereocenters. The molecule has 0 aliphatic heterocycles. The van der Waals surface area contributed by atoms with Crippen molar-refractivity contribution < 1.29 is 14.6 Å². The van der Waals surface area contributed by atoms with Crippen molar-refractivity contribution in [1.82, 2.24) is 0 Å². The summed E-state index contributed by atoms with van der Waals surface area (Å²) in [5, 5.41) is 10.9. The smallest absolute Gasteiger partial charge is 0.336 e. The number of carboxylic acid groups (broad SMARTS) is 1. The van der Waals surface area contributed by atoms with Gasteiger partial charge in [-0.1, -0.05) is 31.2 Å². The van der Waals surface area contributed by atoms with E-state index < -0.39 is 5.97 Å². The number of fused-ring (bicyclic) bond motifs is 1. The number of hydrogen-bond acceptors (Lipinski definition) is 2. The number of carbonyl (C=O) groups is 1. The molecule has 0 fully saturated rings. The third kappa shape index (κ3) is 1.84. The lowest BCUT2D eigenvalue weighted by atomic mass is 9.97. The number of hydrogen-bond donors (Lipinski definition) is 1. The molecule has 3 heteroatoms. The Hall–Kier alpha value is -2.03. The van der Waals surface area contributed by atoms with Crippen LogP contribution in [-0.4, -0.2) is 18.2 Å². The van der Waals surface area contributed by atoms with E-state index in [-0.39, 0.29) is 0 Å². The summed E-state index contributed by atoms with van der Waals surface area (Å²) in [6, 6.07) is 9.24. The van der Waals surface area contributed by atoms with Gasteiger partial charge in [0.15, 0.2) is 0 Å². The zero-order chi connectivity index (χ0) is 12.4. The lowest BCUT2D eigenvalue weighted by molar-refractivity contribution is 0.0698. The quantitative estimate of drug-likeness (QED) is 0.881. The lowest BCUT2D eigenvalue weighted by Crippen LogP contribution is -2.03. The van der Waals surface area contributed by atoms with Gasteiger partial charge < -0.3 is 9.84 Å². The predicted octanol–water partition coefficient (Wildman–Crippen LogP) is 3.11. The molecule has 0 spiro atoms. The summed E-state index contributed by atoms with van der Waals surface area (Å²) >= 11 is 0. The van der Waals surface area contributed by atoms with Crippen LogP contribution in [0.3, 0.4) is 0 Å². The normalized spacial score (nSPS) is 10.5. The Kier molecular flexibility index (Phi) is 3.00. The monoisotopic (exact) mass is 230 g/mol. The molecule has 2 aromatic carbocycles. The summed E-state index contributed by atoms with van der Waals surface area (Å²) in [5.41, 5.74) is 1.22. The summed E-state index contributed by atoms with van der Waals surface area (Å²) in [7, 11) is 1.59. The predicted molar refractivity (Wildman–Crippen MR) is 66.8 cm³/mol. The van der Waals surface area contributed by atoms with E-state index in [2.05, 4.69) is 0 Å². The van der Waals surface area contributed by atoms with Crippen molar-refractivity contribution >= 4 is 16.7 Å². The van der Waals surface area contributed by atoms with E-state index in [4.69, 9.17) is 4.74 Å². The average molecular weight is 230 g/mol. The minimum absolute atomic E-state index is 0.379. The van der Waals surface area contributed by atoms with Crippen molar-refractivity contribution in [1.29, 1.82) is 0 Å². The van der Waals surface area contributed by atoms with Gasteiger partial charge in [-0.2, -0.15) is 0 Å². The molecule has 0 aliphatic carbocycles. The van der Waals surface area contributed by atoms with Crippen molar-refractivity contribution in [3.05, 3.63) is 41.5 Å². The van der Waals surface area contributed by atoms with E-state index in [1.54, 1.807) is 7.11 Å². The van der Waals surface area contributed by atoms with Gasteiger partial charge in [0.1, 0.15) is 5.75 Å². The van der Waals surface area contributed by atoms with E-state index in [9.17, 15) is 9.90 Å². The topological polar surface area (TPSA) is 46.5 Å². The molecule has 0 amide bonds. The average Bonchev–Trinajstić information content (AvgIpc) is 2.36. The molecule has 2 aromatic rings. The van der Waals surface area contributed by atoms with Crippen LogP contribution in [0, 0.1) is 0 Å². The van der Waals surface area contributed by atoms with Crippen molar-refractivity contribution in [2.24, 2.45) is 0 Å². The molecule has 0 aliphatic rings. The number of ether oxygens (including phenoxy) is 1. The van der Waals surface area contributed by atoms with Gasteiger partial charge in [-0.25, -0.2) is 4.79 Å². The summed E-state index contributed by atoms with van der Waals surface area (Å²) in [4.78, 5) is 11.4. The maximum atomic E-state index is 11.4. The molecule has 1 N–H and O–H groups in total. The molecule has 0 aromatic heterocycles. The van der Waals surface area contributed by atoms with Crippen LogP contribution in [0.25, 0.3) is 10.8 Å². The van der Waals surface area contributed by atoms with E-state index in [1.807, 2.05) is 37.3 Å². The van der Waals surface area contributed by atoms with Gasteiger partial charge in [0.25, 0.3) is 0 Å². The first-order valence-corrected chi connectivity index (χ1v) is 5.51. The maximum Gasteiger partial charge on any atom is 0.336 e. The Morgan fingerprint density at radius 3 is 2.59 bits per heavy atom. The Bertz CT molecular complexity index is 573. The highest BCUT2D eigenvalue weighted by atomic mass is 16.5. The minimum atomic E-state index is -0.888. The first kappa shape index (κ1) is 11.5. The third-order valence-electron chi connectivity index (χ3n) is 2.92. The summed E-state index contributed by atoms with van der Waals surface area (Å²) < 4.78 is 5.24. The minimum Gasteiger partial charge on any atom is -0.496 e. The molecule has 2 rings (SSSR count).